The van der Waals surface area contributed by atoms with Crippen LogP contribution in [0.4, 0.5) is 5.69 Å². The number of aromatic nitrogens is 1. The quantitative estimate of drug-likeness (QED) is 0.598. The van der Waals surface area contributed by atoms with Gasteiger partial charge in [-0.15, -0.1) is 0 Å². The van der Waals surface area contributed by atoms with E-state index in [0.717, 1.165) is 34.4 Å². The highest BCUT2D eigenvalue weighted by atomic mass is 16.5. The maximum Gasteiger partial charge on any atom is 0.250 e. The van der Waals surface area contributed by atoms with E-state index in [1.54, 1.807) is 19.4 Å². The van der Waals surface area contributed by atoms with Gasteiger partial charge in [-0.1, -0.05) is 31.2 Å². The summed E-state index contributed by atoms with van der Waals surface area (Å²) in [4.78, 5) is 16.3. The summed E-state index contributed by atoms with van der Waals surface area (Å²) in [7, 11) is 1.64. The maximum atomic E-state index is 11.8. The first kappa shape index (κ1) is 18.7. The van der Waals surface area contributed by atoms with Gasteiger partial charge in [0.2, 0.25) is 0 Å². The van der Waals surface area contributed by atoms with Crippen LogP contribution in [0, 0.1) is 0 Å². The molecule has 0 aliphatic carbocycles. The number of hydrogen-bond donors (Lipinski definition) is 3. The van der Waals surface area contributed by atoms with Crippen LogP contribution in [0.2, 0.25) is 0 Å². The van der Waals surface area contributed by atoms with Gasteiger partial charge in [-0.25, -0.2) is 0 Å². The number of rotatable bonds is 7. The highest BCUT2D eigenvalue weighted by Gasteiger charge is 2.17. The molecule has 6 heteroatoms. The number of nitrogens with one attached hydrogen (secondary N) is 1. The molecule has 27 heavy (non-hydrogen) atoms. The van der Waals surface area contributed by atoms with E-state index in [9.17, 15) is 4.79 Å². The molecule has 0 saturated heterocycles. The van der Waals surface area contributed by atoms with Crippen LogP contribution in [0.15, 0.2) is 48.7 Å². The average Bonchev–Trinajstić information content (AvgIpc) is 2.71. The Bertz CT molecular complexity index is 972. The molecule has 1 atom stereocenters. The highest BCUT2D eigenvalue weighted by Crippen LogP contribution is 2.32. The molecule has 0 saturated carbocycles. The number of nitrogens with two attached hydrogens (primary N) is 2. The third-order valence-corrected chi connectivity index (χ3v) is 4.67. The fraction of sp³-hybridized carbons (Fsp3) is 0.238. The molecule has 0 aliphatic rings. The first-order chi connectivity index (χ1) is 13.1. The molecule has 0 unspecified atom stereocenters. The lowest BCUT2D eigenvalue weighted by Gasteiger charge is -2.22. The van der Waals surface area contributed by atoms with E-state index in [4.69, 9.17) is 16.2 Å². The zero-order valence-electron chi connectivity index (χ0n) is 15.5. The molecule has 3 aromatic rings. The summed E-state index contributed by atoms with van der Waals surface area (Å²) in [6, 6.07) is 13.1. The SMILES string of the molecule is CCc1cnc2c(C(N)=O)cccc2c1N[C@H](CN)c1cccc(OC)c1. The second-order valence-corrected chi connectivity index (χ2v) is 6.29. The largest absolute Gasteiger partial charge is 0.497 e. The Morgan fingerprint density at radius 3 is 2.70 bits per heavy atom. The molecular weight excluding hydrogens is 340 g/mol. The van der Waals surface area contributed by atoms with Crippen molar-refractivity contribution in [2.24, 2.45) is 11.5 Å². The van der Waals surface area contributed by atoms with Crippen LogP contribution >= 0.6 is 0 Å². The Labute approximate surface area is 158 Å². The van der Waals surface area contributed by atoms with Crippen molar-refractivity contribution in [2.45, 2.75) is 19.4 Å². The molecule has 5 N–H and O–H groups in total. The minimum atomic E-state index is -0.494. The van der Waals surface area contributed by atoms with E-state index in [1.165, 1.54) is 0 Å². The first-order valence-electron chi connectivity index (χ1n) is 8.90. The predicted molar refractivity (Wildman–Crippen MR) is 108 cm³/mol. The van der Waals surface area contributed by atoms with E-state index in [1.807, 2.05) is 36.4 Å². The Hall–Kier alpha value is -3.12. The second kappa shape index (κ2) is 8.05. The van der Waals surface area contributed by atoms with Crippen LogP contribution in [0.5, 0.6) is 5.75 Å². The van der Waals surface area contributed by atoms with E-state index < -0.39 is 5.91 Å². The maximum absolute atomic E-state index is 11.8. The molecular formula is C21H24N4O2. The zero-order valence-corrected chi connectivity index (χ0v) is 15.5. The molecule has 0 aliphatic heterocycles. The number of hydrogen-bond acceptors (Lipinski definition) is 5. The number of carbonyl (C=O) groups excluding carboxylic acids is 1. The van der Waals surface area contributed by atoms with Gasteiger partial charge in [-0.2, -0.15) is 0 Å². The van der Waals surface area contributed by atoms with E-state index >= 15 is 0 Å². The number of methoxy groups -OCH3 is 1. The number of pyridine rings is 1. The van der Waals surface area contributed by atoms with Crippen LogP contribution in [-0.4, -0.2) is 24.5 Å². The van der Waals surface area contributed by atoms with Crippen molar-refractivity contribution in [3.05, 3.63) is 65.4 Å². The highest BCUT2D eigenvalue weighted by molar-refractivity contribution is 6.08. The number of para-hydroxylation sites is 1. The van der Waals surface area contributed by atoms with Crippen molar-refractivity contribution in [3.8, 4) is 5.75 Å². The molecule has 0 spiro atoms. The molecule has 0 bridgehead atoms. The topological polar surface area (TPSA) is 103 Å². The number of primary amides is 1. The molecule has 0 radical (unpaired) electrons. The summed E-state index contributed by atoms with van der Waals surface area (Å²) in [5.74, 6) is 0.283. The lowest BCUT2D eigenvalue weighted by atomic mass is 10.0. The summed E-state index contributed by atoms with van der Waals surface area (Å²) in [6.45, 7) is 2.46. The number of benzene rings is 2. The van der Waals surface area contributed by atoms with Gasteiger partial charge in [0, 0.05) is 23.8 Å². The van der Waals surface area contributed by atoms with Crippen molar-refractivity contribution in [1.82, 2.24) is 4.98 Å². The summed E-state index contributed by atoms with van der Waals surface area (Å²) < 4.78 is 5.33. The van der Waals surface area contributed by atoms with E-state index in [-0.39, 0.29) is 6.04 Å². The number of nitrogens with zero attached hydrogens (tertiary/aromatic N) is 1. The Kier molecular flexibility index (Phi) is 5.57. The minimum absolute atomic E-state index is 0.117. The third kappa shape index (κ3) is 3.71. The molecule has 1 aromatic heterocycles. The van der Waals surface area contributed by atoms with Gasteiger partial charge in [0.05, 0.1) is 24.2 Å². The Morgan fingerprint density at radius 2 is 2.04 bits per heavy atom. The molecule has 3 rings (SSSR count). The number of carbonyl (C=O) groups is 1. The summed E-state index contributed by atoms with van der Waals surface area (Å²) in [5, 5.41) is 4.41. The van der Waals surface area contributed by atoms with Gasteiger partial charge in [-0.05, 0) is 35.7 Å². The second-order valence-electron chi connectivity index (χ2n) is 6.29. The Balaban J connectivity index is 2.11. The van der Waals surface area contributed by atoms with Gasteiger partial charge in [0.15, 0.2) is 0 Å². The number of anilines is 1. The summed E-state index contributed by atoms with van der Waals surface area (Å²) >= 11 is 0. The molecule has 1 amide bonds. The summed E-state index contributed by atoms with van der Waals surface area (Å²) in [5.41, 5.74) is 15.6. The first-order valence-corrected chi connectivity index (χ1v) is 8.90. The van der Waals surface area contributed by atoms with Crippen LogP contribution in [-0.2, 0) is 6.42 Å². The molecule has 2 aromatic carbocycles. The van der Waals surface area contributed by atoms with E-state index in [2.05, 4.69) is 17.2 Å². The van der Waals surface area contributed by atoms with Gasteiger partial charge < -0.3 is 21.5 Å². The van der Waals surface area contributed by atoms with Crippen molar-refractivity contribution in [2.75, 3.05) is 19.0 Å². The lowest BCUT2D eigenvalue weighted by Crippen LogP contribution is -2.21. The molecule has 0 fully saturated rings. The third-order valence-electron chi connectivity index (χ3n) is 4.67. The van der Waals surface area contributed by atoms with Crippen molar-refractivity contribution >= 4 is 22.5 Å². The van der Waals surface area contributed by atoms with Crippen LogP contribution in [0.25, 0.3) is 10.9 Å². The normalized spacial score (nSPS) is 12.0. The van der Waals surface area contributed by atoms with Crippen molar-refractivity contribution < 1.29 is 9.53 Å². The number of ether oxygens (including phenoxy) is 1. The fourth-order valence-electron chi connectivity index (χ4n) is 3.21. The predicted octanol–water partition coefficient (Wildman–Crippen LogP) is 3.02. The van der Waals surface area contributed by atoms with Crippen LogP contribution < -0.4 is 21.5 Å². The average molecular weight is 364 g/mol. The van der Waals surface area contributed by atoms with Crippen LogP contribution in [0.1, 0.15) is 34.5 Å². The monoisotopic (exact) mass is 364 g/mol. The number of fused-ring (bicyclic) bond motifs is 1. The standard InChI is InChI=1S/C21H24N4O2/c1-3-13-12-24-20-16(8-5-9-17(20)21(23)26)19(13)25-18(11-22)14-6-4-7-15(10-14)27-2/h4-10,12,18H,3,11,22H2,1-2H3,(H2,23,26)(H,24,25)/t18-/m1/s1. The van der Waals surface area contributed by atoms with Gasteiger partial charge >= 0.3 is 0 Å². The Morgan fingerprint density at radius 1 is 1.26 bits per heavy atom. The van der Waals surface area contributed by atoms with Gasteiger partial charge in [-0.3, -0.25) is 9.78 Å². The number of amides is 1. The fourth-order valence-corrected chi connectivity index (χ4v) is 3.21. The molecule has 1 heterocycles. The zero-order chi connectivity index (χ0) is 19.4. The van der Waals surface area contributed by atoms with Gasteiger partial charge in [0.25, 0.3) is 5.91 Å². The summed E-state index contributed by atoms with van der Waals surface area (Å²) in [6.07, 6.45) is 2.58. The molecule has 6 nitrogen and oxygen atoms in total. The van der Waals surface area contributed by atoms with Crippen LogP contribution in [0.3, 0.4) is 0 Å². The van der Waals surface area contributed by atoms with Crippen molar-refractivity contribution in [1.29, 1.82) is 0 Å². The smallest absolute Gasteiger partial charge is 0.250 e. The van der Waals surface area contributed by atoms with E-state index in [0.29, 0.717) is 17.6 Å². The number of aryl methyl sites for hydroxylation is 1. The van der Waals surface area contributed by atoms with Gasteiger partial charge in [0.1, 0.15) is 5.75 Å². The lowest BCUT2D eigenvalue weighted by molar-refractivity contribution is 0.100. The minimum Gasteiger partial charge on any atom is -0.497 e. The molecule has 140 valence electrons. The van der Waals surface area contributed by atoms with Crippen molar-refractivity contribution in [3.63, 3.8) is 0 Å².